The molecule has 2 N–H and O–H groups in total. The molecule has 6 heteroatoms. The molecule has 0 radical (unpaired) electrons. The maximum absolute atomic E-state index is 12.4. The van der Waals surface area contributed by atoms with Crippen molar-refractivity contribution >= 4 is 11.8 Å². The van der Waals surface area contributed by atoms with E-state index in [1.165, 1.54) is 6.20 Å². The van der Waals surface area contributed by atoms with Gasteiger partial charge in [-0.2, -0.15) is 0 Å². The number of carbonyl (C=O) groups excluding carboxylic acids is 2. The Balaban J connectivity index is 1.44. The predicted octanol–water partition coefficient (Wildman–Crippen LogP) is 1.57. The zero-order valence-electron chi connectivity index (χ0n) is 13.9. The molecule has 0 saturated heterocycles. The Kier molecular flexibility index (Phi) is 5.61. The highest BCUT2D eigenvalue weighted by atomic mass is 16.5. The summed E-state index contributed by atoms with van der Waals surface area (Å²) in [7, 11) is 0. The monoisotopic (exact) mass is 339 g/mol. The van der Waals surface area contributed by atoms with Gasteiger partial charge in [-0.25, -0.2) is 0 Å². The first-order valence-corrected chi connectivity index (χ1v) is 8.40. The van der Waals surface area contributed by atoms with Gasteiger partial charge in [0.05, 0.1) is 12.2 Å². The number of aromatic nitrogens is 1. The van der Waals surface area contributed by atoms with E-state index in [0.29, 0.717) is 38.1 Å². The van der Waals surface area contributed by atoms with Crippen molar-refractivity contribution in [2.75, 3.05) is 19.7 Å². The Morgan fingerprint density at radius 1 is 1.12 bits per heavy atom. The van der Waals surface area contributed by atoms with Crippen LogP contribution in [0.15, 0.2) is 48.8 Å². The summed E-state index contributed by atoms with van der Waals surface area (Å²) >= 11 is 0. The molecule has 0 bridgehead atoms. The van der Waals surface area contributed by atoms with Crippen molar-refractivity contribution in [3.8, 4) is 5.75 Å². The van der Waals surface area contributed by atoms with Crippen LogP contribution in [0.4, 0.5) is 0 Å². The van der Waals surface area contributed by atoms with Gasteiger partial charge in [0.25, 0.3) is 5.91 Å². The summed E-state index contributed by atoms with van der Waals surface area (Å²) in [4.78, 5) is 28.2. The summed E-state index contributed by atoms with van der Waals surface area (Å²) in [6.45, 7) is 1.30. The van der Waals surface area contributed by atoms with Crippen molar-refractivity contribution in [1.29, 1.82) is 0 Å². The van der Waals surface area contributed by atoms with Crippen LogP contribution >= 0.6 is 0 Å². The maximum atomic E-state index is 12.4. The number of rotatable bonds is 5. The molecule has 130 valence electrons. The topological polar surface area (TPSA) is 80.3 Å². The fraction of sp³-hybridized carbons (Fsp3) is 0.316. The average Bonchev–Trinajstić information content (AvgIpc) is 2.88. The Morgan fingerprint density at radius 2 is 1.96 bits per heavy atom. The van der Waals surface area contributed by atoms with Crippen LogP contribution in [0, 0.1) is 5.92 Å². The van der Waals surface area contributed by atoms with E-state index in [9.17, 15) is 9.59 Å². The summed E-state index contributed by atoms with van der Waals surface area (Å²) in [5.41, 5.74) is 1.57. The van der Waals surface area contributed by atoms with Crippen molar-refractivity contribution in [3.63, 3.8) is 0 Å². The largest absolute Gasteiger partial charge is 0.493 e. The molecule has 1 aliphatic heterocycles. The molecule has 0 unspecified atom stereocenters. The summed E-state index contributed by atoms with van der Waals surface area (Å²) < 4.78 is 5.69. The second-order valence-corrected chi connectivity index (χ2v) is 5.93. The van der Waals surface area contributed by atoms with Gasteiger partial charge in [-0.1, -0.05) is 18.2 Å². The number of fused-ring (bicyclic) bond motifs is 1. The number of carbonyl (C=O) groups is 2. The van der Waals surface area contributed by atoms with Crippen LogP contribution in [0.1, 0.15) is 22.3 Å². The van der Waals surface area contributed by atoms with Gasteiger partial charge < -0.3 is 15.4 Å². The molecule has 3 rings (SSSR count). The van der Waals surface area contributed by atoms with Gasteiger partial charge in [-0.05, 0) is 36.6 Å². The van der Waals surface area contributed by atoms with Gasteiger partial charge >= 0.3 is 0 Å². The second kappa shape index (κ2) is 8.28. The van der Waals surface area contributed by atoms with Gasteiger partial charge in [0, 0.05) is 31.4 Å². The van der Waals surface area contributed by atoms with E-state index in [4.69, 9.17) is 4.74 Å². The molecule has 1 aromatic heterocycles. The van der Waals surface area contributed by atoms with E-state index < -0.39 is 0 Å². The standard InChI is InChI=1S/C19H21N3O3/c23-18(15-7-11-25-17-6-2-1-4-14(17)12-15)21-9-10-22-19(24)16-5-3-8-20-13-16/h1-6,8,13,15H,7,9-12H2,(H,21,23)(H,22,24)/t15-/m1/s1. The molecule has 0 fully saturated rings. The molecule has 25 heavy (non-hydrogen) atoms. The number of hydrogen-bond donors (Lipinski definition) is 2. The fourth-order valence-electron chi connectivity index (χ4n) is 2.82. The molecule has 0 spiro atoms. The molecule has 1 aliphatic rings. The van der Waals surface area contributed by atoms with Crippen LogP contribution in [0.2, 0.25) is 0 Å². The van der Waals surface area contributed by atoms with Crippen LogP contribution in [0.5, 0.6) is 5.75 Å². The highest BCUT2D eigenvalue weighted by Crippen LogP contribution is 2.26. The fourth-order valence-corrected chi connectivity index (χ4v) is 2.82. The third kappa shape index (κ3) is 4.56. The maximum Gasteiger partial charge on any atom is 0.252 e. The number of nitrogens with one attached hydrogen (secondary N) is 2. The molecule has 0 aliphatic carbocycles. The predicted molar refractivity (Wildman–Crippen MR) is 93.3 cm³/mol. The van der Waals surface area contributed by atoms with Crippen LogP contribution in [0.3, 0.4) is 0 Å². The number of ether oxygens (including phenoxy) is 1. The minimum atomic E-state index is -0.195. The molecular formula is C19H21N3O3. The third-order valence-corrected chi connectivity index (χ3v) is 4.17. The summed E-state index contributed by atoms with van der Waals surface area (Å²) in [6, 6.07) is 11.2. The van der Waals surface area contributed by atoms with Gasteiger partial charge in [0.1, 0.15) is 5.75 Å². The first kappa shape index (κ1) is 17.0. The molecule has 1 atom stereocenters. The number of benzene rings is 1. The SMILES string of the molecule is O=C(NCCNC(=O)[C@@H]1CCOc2ccccc2C1)c1cccnc1. The average molecular weight is 339 g/mol. The number of nitrogens with zero attached hydrogens (tertiary/aromatic N) is 1. The molecule has 2 heterocycles. The van der Waals surface area contributed by atoms with Crippen molar-refractivity contribution in [2.24, 2.45) is 5.92 Å². The smallest absolute Gasteiger partial charge is 0.252 e. The van der Waals surface area contributed by atoms with Crippen LogP contribution in [0.25, 0.3) is 0 Å². The molecule has 6 nitrogen and oxygen atoms in total. The van der Waals surface area contributed by atoms with Crippen molar-refractivity contribution < 1.29 is 14.3 Å². The zero-order valence-corrected chi connectivity index (χ0v) is 13.9. The number of hydrogen-bond acceptors (Lipinski definition) is 4. The normalized spacial score (nSPS) is 16.1. The van der Waals surface area contributed by atoms with Gasteiger partial charge in [0.15, 0.2) is 0 Å². The van der Waals surface area contributed by atoms with Crippen LogP contribution in [-0.4, -0.2) is 36.5 Å². The Hall–Kier alpha value is -2.89. The van der Waals surface area contributed by atoms with E-state index in [-0.39, 0.29) is 17.7 Å². The minimum absolute atomic E-state index is 0.00377. The number of pyridine rings is 1. The lowest BCUT2D eigenvalue weighted by molar-refractivity contribution is -0.125. The summed E-state index contributed by atoms with van der Waals surface area (Å²) in [5, 5.41) is 5.66. The summed E-state index contributed by atoms with van der Waals surface area (Å²) in [5.74, 6) is 0.550. The van der Waals surface area contributed by atoms with E-state index in [2.05, 4.69) is 15.6 Å². The highest BCUT2D eigenvalue weighted by Gasteiger charge is 2.23. The van der Waals surface area contributed by atoms with E-state index in [0.717, 1.165) is 11.3 Å². The zero-order chi connectivity index (χ0) is 17.5. The lowest BCUT2D eigenvalue weighted by atomic mass is 9.96. The van der Waals surface area contributed by atoms with E-state index in [1.807, 2.05) is 24.3 Å². The number of amides is 2. The molecule has 0 saturated carbocycles. The lowest BCUT2D eigenvalue weighted by Crippen LogP contribution is -2.38. The van der Waals surface area contributed by atoms with E-state index >= 15 is 0 Å². The molecule has 1 aromatic carbocycles. The van der Waals surface area contributed by atoms with E-state index in [1.54, 1.807) is 18.3 Å². The molecule has 2 amide bonds. The first-order chi connectivity index (χ1) is 12.2. The van der Waals surface area contributed by atoms with Crippen molar-refractivity contribution in [2.45, 2.75) is 12.8 Å². The molecular weight excluding hydrogens is 318 g/mol. The van der Waals surface area contributed by atoms with Crippen LogP contribution < -0.4 is 15.4 Å². The Bertz CT molecular complexity index is 734. The first-order valence-electron chi connectivity index (χ1n) is 8.40. The van der Waals surface area contributed by atoms with Crippen molar-refractivity contribution in [1.82, 2.24) is 15.6 Å². The minimum Gasteiger partial charge on any atom is -0.493 e. The summed E-state index contributed by atoms with van der Waals surface area (Å²) in [6.07, 6.45) is 4.48. The highest BCUT2D eigenvalue weighted by molar-refractivity contribution is 5.93. The second-order valence-electron chi connectivity index (χ2n) is 5.93. The van der Waals surface area contributed by atoms with Gasteiger partial charge in [0.2, 0.25) is 5.91 Å². The van der Waals surface area contributed by atoms with Gasteiger partial charge in [-0.3, -0.25) is 14.6 Å². The van der Waals surface area contributed by atoms with Crippen LogP contribution in [-0.2, 0) is 11.2 Å². The third-order valence-electron chi connectivity index (χ3n) is 4.17. The Labute approximate surface area is 146 Å². The Morgan fingerprint density at radius 3 is 2.80 bits per heavy atom. The quantitative estimate of drug-likeness (QED) is 0.811. The van der Waals surface area contributed by atoms with Gasteiger partial charge in [-0.15, -0.1) is 0 Å². The lowest BCUT2D eigenvalue weighted by Gasteiger charge is -2.14. The molecule has 2 aromatic rings. The van der Waals surface area contributed by atoms with Crippen molar-refractivity contribution in [3.05, 3.63) is 59.9 Å². The number of para-hydroxylation sites is 1.